The van der Waals surface area contributed by atoms with E-state index in [4.69, 9.17) is 16.3 Å². The number of nitrogens with zero attached hydrogens (tertiary/aromatic N) is 1. The number of para-hydroxylation sites is 1. The lowest BCUT2D eigenvalue weighted by atomic mass is 10.0. The fourth-order valence-electron chi connectivity index (χ4n) is 3.22. The molecule has 0 radical (unpaired) electrons. The molecule has 0 aliphatic heterocycles. The van der Waals surface area contributed by atoms with E-state index in [-0.39, 0.29) is 12.5 Å². The quantitative estimate of drug-likeness (QED) is 0.590. The molecule has 0 bridgehead atoms. The van der Waals surface area contributed by atoms with Crippen molar-refractivity contribution >= 4 is 34.4 Å². The number of esters is 1. The minimum Gasteiger partial charge on any atom is -0.452 e. The van der Waals surface area contributed by atoms with Gasteiger partial charge >= 0.3 is 5.97 Å². The summed E-state index contributed by atoms with van der Waals surface area (Å²) in [5.41, 5.74) is 3.85. The van der Waals surface area contributed by atoms with Crippen LogP contribution < -0.4 is 5.32 Å². The summed E-state index contributed by atoms with van der Waals surface area (Å²) in [6, 6.07) is 15.1. The zero-order chi connectivity index (χ0) is 20.8. The molecule has 0 atom stereocenters. The molecule has 0 aliphatic carbocycles. The first-order valence-electron chi connectivity index (χ1n) is 9.56. The molecule has 1 amide bonds. The molecule has 1 aromatic heterocycles. The molecule has 6 heteroatoms. The van der Waals surface area contributed by atoms with Crippen molar-refractivity contribution in [2.75, 3.05) is 13.2 Å². The van der Waals surface area contributed by atoms with Crippen LogP contribution in [0.3, 0.4) is 0 Å². The van der Waals surface area contributed by atoms with E-state index in [1.807, 2.05) is 62.4 Å². The summed E-state index contributed by atoms with van der Waals surface area (Å²) < 4.78 is 5.27. The Morgan fingerprint density at radius 3 is 2.55 bits per heavy atom. The molecule has 29 heavy (non-hydrogen) atoms. The number of halogens is 1. The van der Waals surface area contributed by atoms with E-state index in [1.165, 1.54) is 0 Å². The lowest BCUT2D eigenvalue weighted by Gasteiger charge is -2.13. The number of hydrogen-bond acceptors (Lipinski definition) is 4. The minimum absolute atomic E-state index is 0.325. The van der Waals surface area contributed by atoms with Crippen LogP contribution in [0, 0.1) is 6.92 Å². The summed E-state index contributed by atoms with van der Waals surface area (Å²) in [4.78, 5) is 29.3. The van der Waals surface area contributed by atoms with Gasteiger partial charge in [0, 0.05) is 17.0 Å². The number of hydrogen-bond donors (Lipinski definition) is 1. The number of benzene rings is 2. The Hall–Kier alpha value is -2.92. The first-order chi connectivity index (χ1) is 14.0. The highest BCUT2D eigenvalue weighted by Gasteiger charge is 2.20. The molecular formula is C23H23ClN2O3. The molecule has 3 aromatic rings. The Labute approximate surface area is 175 Å². The monoisotopic (exact) mass is 410 g/mol. The van der Waals surface area contributed by atoms with Gasteiger partial charge in [0.25, 0.3) is 5.91 Å². The van der Waals surface area contributed by atoms with E-state index in [0.29, 0.717) is 35.7 Å². The van der Waals surface area contributed by atoms with Crippen LogP contribution in [0.5, 0.6) is 0 Å². The number of aromatic nitrogens is 1. The average molecular weight is 411 g/mol. The van der Waals surface area contributed by atoms with Crippen molar-refractivity contribution in [1.82, 2.24) is 10.3 Å². The second-order valence-electron chi connectivity index (χ2n) is 6.73. The zero-order valence-electron chi connectivity index (χ0n) is 16.5. The number of carbonyl (C=O) groups excluding carboxylic acids is 2. The fourth-order valence-corrected chi connectivity index (χ4v) is 3.34. The van der Waals surface area contributed by atoms with E-state index in [9.17, 15) is 9.59 Å². The smallest absolute Gasteiger partial charge is 0.340 e. The van der Waals surface area contributed by atoms with Crippen LogP contribution in [0.4, 0.5) is 0 Å². The van der Waals surface area contributed by atoms with Crippen LogP contribution in [-0.2, 0) is 22.4 Å². The highest BCUT2D eigenvalue weighted by Crippen LogP contribution is 2.24. The van der Waals surface area contributed by atoms with E-state index in [1.54, 1.807) is 0 Å². The largest absolute Gasteiger partial charge is 0.452 e. The molecule has 0 unspecified atom stereocenters. The van der Waals surface area contributed by atoms with Crippen molar-refractivity contribution < 1.29 is 14.3 Å². The highest BCUT2D eigenvalue weighted by molar-refractivity contribution is 6.30. The average Bonchev–Trinajstić information content (AvgIpc) is 2.73. The predicted molar refractivity (Wildman–Crippen MR) is 114 cm³/mol. The zero-order valence-corrected chi connectivity index (χ0v) is 17.3. The summed E-state index contributed by atoms with van der Waals surface area (Å²) >= 11 is 5.86. The summed E-state index contributed by atoms with van der Waals surface area (Å²) in [6.07, 6.45) is 1.27. The van der Waals surface area contributed by atoms with E-state index in [2.05, 4.69) is 10.3 Å². The van der Waals surface area contributed by atoms with Crippen molar-refractivity contribution in [1.29, 1.82) is 0 Å². The number of nitrogens with one attached hydrogen (secondary N) is 1. The molecule has 3 rings (SSSR count). The van der Waals surface area contributed by atoms with Gasteiger partial charge in [-0.2, -0.15) is 0 Å². The number of pyridine rings is 1. The van der Waals surface area contributed by atoms with Gasteiger partial charge in [-0.15, -0.1) is 0 Å². The number of amides is 1. The Bertz CT molecular complexity index is 1030. The van der Waals surface area contributed by atoms with Gasteiger partial charge in [0.15, 0.2) is 6.61 Å². The second kappa shape index (κ2) is 9.52. The van der Waals surface area contributed by atoms with Gasteiger partial charge in [-0.25, -0.2) is 4.79 Å². The van der Waals surface area contributed by atoms with Gasteiger partial charge in [0.2, 0.25) is 0 Å². The van der Waals surface area contributed by atoms with Crippen LogP contribution >= 0.6 is 11.6 Å². The summed E-state index contributed by atoms with van der Waals surface area (Å²) in [6.45, 7) is 3.95. The van der Waals surface area contributed by atoms with E-state index >= 15 is 0 Å². The number of aryl methyl sites for hydroxylation is 2. The van der Waals surface area contributed by atoms with Gasteiger partial charge in [0.1, 0.15) is 0 Å². The minimum atomic E-state index is -0.523. The first-order valence-corrected chi connectivity index (χ1v) is 9.94. The number of ether oxygens (including phenoxy) is 1. The number of rotatable bonds is 7. The Morgan fingerprint density at radius 1 is 1.10 bits per heavy atom. The molecule has 1 heterocycles. The van der Waals surface area contributed by atoms with Crippen LogP contribution in [0.1, 0.15) is 34.1 Å². The topological polar surface area (TPSA) is 68.3 Å². The van der Waals surface area contributed by atoms with Crippen molar-refractivity contribution in [2.45, 2.75) is 26.7 Å². The maximum atomic E-state index is 12.7. The third-order valence-electron chi connectivity index (χ3n) is 4.75. The summed E-state index contributed by atoms with van der Waals surface area (Å²) in [5.74, 6) is -0.859. The number of fused-ring (bicyclic) bond motifs is 1. The van der Waals surface area contributed by atoms with Crippen LogP contribution in [0.15, 0.2) is 48.5 Å². The van der Waals surface area contributed by atoms with Crippen LogP contribution in [-0.4, -0.2) is 30.0 Å². The molecule has 0 aliphatic rings. The maximum absolute atomic E-state index is 12.7. The third-order valence-corrected chi connectivity index (χ3v) is 5.00. The van der Waals surface area contributed by atoms with Gasteiger partial charge in [-0.3, -0.25) is 9.78 Å². The predicted octanol–water partition coefficient (Wildman–Crippen LogP) is 4.27. The van der Waals surface area contributed by atoms with Crippen molar-refractivity contribution in [3.05, 3.63) is 75.9 Å². The van der Waals surface area contributed by atoms with Gasteiger partial charge in [0.05, 0.1) is 16.8 Å². The van der Waals surface area contributed by atoms with Crippen molar-refractivity contribution in [3.63, 3.8) is 0 Å². The standard InChI is InChI=1S/C23H23ClN2O3/c1-3-19-22(15(2)18-6-4-5-7-20(18)26-19)23(28)29-14-21(27)25-13-12-16-8-10-17(24)11-9-16/h4-11H,3,12-14H2,1-2H3,(H,25,27). The van der Waals surface area contributed by atoms with Gasteiger partial charge < -0.3 is 10.1 Å². The van der Waals surface area contributed by atoms with Crippen molar-refractivity contribution in [2.24, 2.45) is 0 Å². The van der Waals surface area contributed by atoms with Crippen molar-refractivity contribution in [3.8, 4) is 0 Å². The molecule has 5 nitrogen and oxygen atoms in total. The molecule has 150 valence electrons. The molecule has 1 N–H and O–H groups in total. The summed E-state index contributed by atoms with van der Waals surface area (Å²) in [5, 5.41) is 4.34. The fraction of sp³-hybridized carbons (Fsp3) is 0.261. The Morgan fingerprint density at radius 2 is 1.83 bits per heavy atom. The number of carbonyl (C=O) groups is 2. The van der Waals surface area contributed by atoms with Crippen LogP contribution in [0.25, 0.3) is 10.9 Å². The lowest BCUT2D eigenvalue weighted by molar-refractivity contribution is -0.124. The Kier molecular flexibility index (Phi) is 6.83. The highest BCUT2D eigenvalue weighted by atomic mass is 35.5. The Balaban J connectivity index is 1.59. The molecule has 2 aromatic carbocycles. The first kappa shape index (κ1) is 20.8. The molecule has 0 fully saturated rings. The normalized spacial score (nSPS) is 10.7. The molecule has 0 saturated heterocycles. The lowest BCUT2D eigenvalue weighted by Crippen LogP contribution is -2.30. The second-order valence-corrected chi connectivity index (χ2v) is 7.17. The van der Waals surface area contributed by atoms with Crippen LogP contribution in [0.2, 0.25) is 5.02 Å². The SMILES string of the molecule is CCc1nc2ccccc2c(C)c1C(=O)OCC(=O)NCCc1ccc(Cl)cc1. The molecular weight excluding hydrogens is 388 g/mol. The molecule has 0 spiro atoms. The third kappa shape index (κ3) is 5.12. The van der Waals surface area contributed by atoms with E-state index in [0.717, 1.165) is 22.0 Å². The van der Waals surface area contributed by atoms with Gasteiger partial charge in [-0.1, -0.05) is 48.9 Å². The summed E-state index contributed by atoms with van der Waals surface area (Å²) in [7, 11) is 0. The van der Waals surface area contributed by atoms with Gasteiger partial charge in [-0.05, 0) is 49.1 Å². The molecule has 0 saturated carbocycles. The van der Waals surface area contributed by atoms with E-state index < -0.39 is 5.97 Å². The maximum Gasteiger partial charge on any atom is 0.340 e.